The highest BCUT2D eigenvalue weighted by Gasteiger charge is 2.36. The van der Waals surface area contributed by atoms with Crippen LogP contribution >= 0.6 is 0 Å². The van der Waals surface area contributed by atoms with Gasteiger partial charge in [0, 0.05) is 38.3 Å². The van der Waals surface area contributed by atoms with E-state index in [-0.39, 0.29) is 38.0 Å². The number of carbonyl (C=O) groups is 6. The molecule has 1 aliphatic heterocycles. The van der Waals surface area contributed by atoms with E-state index < -0.39 is 70.2 Å². The number of benzene rings is 1. The van der Waals surface area contributed by atoms with Crippen LogP contribution in [0.15, 0.2) is 39.2 Å². The summed E-state index contributed by atoms with van der Waals surface area (Å²) in [6, 6.07) is 7.14. The van der Waals surface area contributed by atoms with Crippen LogP contribution in [-0.4, -0.2) is 142 Å². The third-order valence-electron chi connectivity index (χ3n) is 9.44. The average molecular weight is 1060 g/mol. The fourth-order valence-electron chi connectivity index (χ4n) is 6.65. The second-order valence-corrected chi connectivity index (χ2v) is 24.0. The maximum atomic E-state index is 14.2. The predicted molar refractivity (Wildman–Crippen MR) is 288 cm³/mol. The highest BCUT2D eigenvalue weighted by molar-refractivity contribution is 6.07. The summed E-state index contributed by atoms with van der Waals surface area (Å²) in [6.07, 6.45) is 1.28. The molecule has 75 heavy (non-hydrogen) atoms. The first-order valence-corrected chi connectivity index (χ1v) is 26.1. The molecule has 0 radical (unpaired) electrons. The minimum absolute atomic E-state index is 0.0314. The summed E-state index contributed by atoms with van der Waals surface area (Å²) in [5.74, 6) is 0.635. The lowest BCUT2D eigenvalue weighted by atomic mass is 10.1. The van der Waals surface area contributed by atoms with E-state index in [2.05, 4.69) is 25.6 Å². The molecule has 0 saturated heterocycles. The van der Waals surface area contributed by atoms with Crippen molar-refractivity contribution in [2.24, 2.45) is 15.0 Å². The van der Waals surface area contributed by atoms with Gasteiger partial charge >= 0.3 is 36.6 Å². The van der Waals surface area contributed by atoms with Crippen molar-refractivity contribution >= 4 is 54.3 Å². The molecule has 0 bridgehead atoms. The van der Waals surface area contributed by atoms with Gasteiger partial charge in [-0.15, -0.1) is 9.98 Å². The Balaban J connectivity index is 2.26. The molecule has 1 aliphatic rings. The number of hydrogen-bond donors (Lipinski definition) is 2. The first kappa shape index (κ1) is 65.0. The third-order valence-corrected chi connectivity index (χ3v) is 9.44. The van der Waals surface area contributed by atoms with Gasteiger partial charge in [-0.3, -0.25) is 15.2 Å². The Morgan fingerprint density at radius 2 is 1.01 bits per heavy atom. The average Bonchev–Trinajstić information content (AvgIpc) is 3.21. The van der Waals surface area contributed by atoms with Gasteiger partial charge < -0.3 is 38.5 Å². The zero-order valence-corrected chi connectivity index (χ0v) is 48.4. The van der Waals surface area contributed by atoms with Gasteiger partial charge in [0.15, 0.2) is 0 Å². The number of aliphatic imine (C=N–C) groups is 3. The standard InChI is InChI=1S/C54H90N8O13/c1-49(2,3)70-43(63)57-41(58-44(64)71-50(4,5)6)56-32-24-22-20-19-21-23-25-34-61(47(67)74-53(13,14)15)42(59-45(65)72-51(7,8)9)62(48(68)75-54(16,17)18)36-27-37-69-39-30-28-38(29-31-39)40-55-33-26-35-60(40)46(66)73-52(10,11)12/h28-31H,19-27,32-37H2,1-18H3,(H2,56,57,58,63,64)/b59-42-. The van der Waals surface area contributed by atoms with Crippen molar-refractivity contribution in [3.8, 4) is 5.75 Å². The number of ether oxygens (including phenoxy) is 7. The highest BCUT2D eigenvalue weighted by Crippen LogP contribution is 2.22. The van der Waals surface area contributed by atoms with Gasteiger partial charge in [-0.25, -0.2) is 38.6 Å². The van der Waals surface area contributed by atoms with Crippen LogP contribution in [0.1, 0.15) is 188 Å². The van der Waals surface area contributed by atoms with Crippen LogP contribution in [-0.2, 0) is 28.4 Å². The molecule has 6 amide bonds. The number of nitrogens with one attached hydrogen (secondary N) is 2. The molecule has 0 spiro atoms. The van der Waals surface area contributed by atoms with Gasteiger partial charge in [0.2, 0.25) is 11.9 Å². The number of guanidine groups is 2. The molecule has 0 aromatic heterocycles. The molecule has 0 saturated carbocycles. The maximum absolute atomic E-state index is 14.2. The van der Waals surface area contributed by atoms with E-state index >= 15 is 0 Å². The van der Waals surface area contributed by atoms with Crippen molar-refractivity contribution < 1.29 is 61.9 Å². The fourth-order valence-corrected chi connectivity index (χ4v) is 6.65. The van der Waals surface area contributed by atoms with Crippen molar-refractivity contribution in [2.75, 3.05) is 39.3 Å². The third kappa shape index (κ3) is 28.9. The molecule has 1 aromatic carbocycles. The normalized spacial score (nSPS) is 13.9. The number of amides is 6. The predicted octanol–water partition coefficient (Wildman–Crippen LogP) is 11.7. The number of amidine groups is 1. The largest absolute Gasteiger partial charge is 0.494 e. The number of rotatable bonds is 16. The molecule has 424 valence electrons. The molecule has 0 unspecified atom stereocenters. The van der Waals surface area contributed by atoms with Crippen molar-refractivity contribution in [1.82, 2.24) is 25.3 Å². The van der Waals surface area contributed by atoms with E-state index in [1.807, 2.05) is 32.9 Å². The maximum Gasteiger partial charge on any atom is 0.437 e. The fraction of sp³-hybridized carbons (Fsp3) is 0.722. The quantitative estimate of drug-likeness (QED) is 0.0678. The Labute approximate surface area is 446 Å². The molecule has 21 heteroatoms. The summed E-state index contributed by atoms with van der Waals surface area (Å²) in [4.78, 5) is 96.5. The smallest absolute Gasteiger partial charge is 0.437 e. The van der Waals surface area contributed by atoms with Crippen LogP contribution in [0.3, 0.4) is 0 Å². The first-order chi connectivity index (χ1) is 34.4. The summed E-state index contributed by atoms with van der Waals surface area (Å²) in [6.45, 7) is 32.6. The molecule has 1 heterocycles. The lowest BCUT2D eigenvalue weighted by Crippen LogP contribution is -2.53. The lowest BCUT2D eigenvalue weighted by Gasteiger charge is -2.34. The Morgan fingerprint density at radius 3 is 1.51 bits per heavy atom. The van der Waals surface area contributed by atoms with Crippen LogP contribution in [0.2, 0.25) is 0 Å². The molecule has 1 aromatic rings. The van der Waals surface area contributed by atoms with Gasteiger partial charge in [-0.05, 0) is 175 Å². The second kappa shape index (κ2) is 28.7. The summed E-state index contributed by atoms with van der Waals surface area (Å²) in [5.41, 5.74) is -4.36. The summed E-state index contributed by atoms with van der Waals surface area (Å²) in [7, 11) is 0. The molecular formula is C54H90N8O13. The van der Waals surface area contributed by atoms with Crippen molar-refractivity contribution in [1.29, 1.82) is 0 Å². The Bertz CT molecular complexity index is 2130. The Hall–Kier alpha value is -6.15. The molecule has 2 N–H and O–H groups in total. The van der Waals surface area contributed by atoms with E-state index in [0.717, 1.165) is 30.6 Å². The Morgan fingerprint density at radius 1 is 0.560 bits per heavy atom. The van der Waals surface area contributed by atoms with Crippen molar-refractivity contribution in [3.63, 3.8) is 0 Å². The van der Waals surface area contributed by atoms with Gasteiger partial charge in [-0.2, -0.15) is 0 Å². The van der Waals surface area contributed by atoms with Crippen molar-refractivity contribution in [2.45, 2.75) is 216 Å². The number of alkyl carbamates (subject to hydrolysis) is 1. The molecular weight excluding hydrogens is 969 g/mol. The second-order valence-electron chi connectivity index (χ2n) is 24.0. The van der Waals surface area contributed by atoms with Gasteiger partial charge in [0.05, 0.1) is 6.61 Å². The zero-order chi connectivity index (χ0) is 57.0. The van der Waals surface area contributed by atoms with E-state index in [4.69, 9.17) is 33.2 Å². The van der Waals surface area contributed by atoms with E-state index in [9.17, 15) is 28.8 Å². The van der Waals surface area contributed by atoms with E-state index in [0.29, 0.717) is 62.5 Å². The molecule has 21 nitrogen and oxygen atoms in total. The minimum Gasteiger partial charge on any atom is -0.494 e. The molecule has 0 aliphatic carbocycles. The number of nitrogens with zero attached hydrogens (tertiary/aromatic N) is 6. The number of carbonyl (C=O) groups excluding carboxylic acids is 6. The number of unbranched alkanes of at least 4 members (excludes halogenated alkanes) is 6. The topological polar surface area (TPSA) is 238 Å². The summed E-state index contributed by atoms with van der Waals surface area (Å²) in [5, 5.41) is 5.49. The first-order valence-electron chi connectivity index (χ1n) is 26.1. The van der Waals surface area contributed by atoms with Crippen LogP contribution in [0.4, 0.5) is 28.8 Å². The summed E-state index contributed by atoms with van der Waals surface area (Å²) < 4.78 is 39.6. The van der Waals surface area contributed by atoms with Crippen molar-refractivity contribution in [3.05, 3.63) is 29.8 Å². The number of hydrogen-bond acceptors (Lipinski definition) is 14. The van der Waals surface area contributed by atoms with E-state index in [1.165, 1.54) is 9.80 Å². The molecule has 2 rings (SSSR count). The van der Waals surface area contributed by atoms with Gasteiger partial charge in [0.1, 0.15) is 45.2 Å². The van der Waals surface area contributed by atoms with Crippen LogP contribution in [0.5, 0.6) is 5.75 Å². The zero-order valence-electron chi connectivity index (χ0n) is 48.4. The molecule has 0 fully saturated rings. The Kier molecular flexibility index (Phi) is 24.8. The highest BCUT2D eigenvalue weighted by atomic mass is 16.6. The summed E-state index contributed by atoms with van der Waals surface area (Å²) >= 11 is 0. The SMILES string of the molecule is CC(C)(C)OC(=O)/N=C(/N(CCCCCCCCCN/C(=N\C(=O)OC(C)(C)C)NC(=O)OC(C)(C)C)C(=O)OC(C)(C)C)N(CCCOc1ccc(C2=NCCCN2C(=O)OC(C)(C)C)cc1)C(=O)OC(C)(C)C. The lowest BCUT2D eigenvalue weighted by molar-refractivity contribution is 0.0265. The van der Waals surface area contributed by atoms with Gasteiger partial charge in [-0.1, -0.05) is 32.1 Å². The van der Waals surface area contributed by atoms with Crippen LogP contribution < -0.4 is 15.4 Å². The van der Waals surface area contributed by atoms with Crippen LogP contribution in [0.25, 0.3) is 0 Å². The molecule has 0 atom stereocenters. The monoisotopic (exact) mass is 1060 g/mol. The minimum atomic E-state index is -1.03. The van der Waals surface area contributed by atoms with E-state index in [1.54, 1.807) is 116 Å². The van der Waals surface area contributed by atoms with Crippen LogP contribution in [0, 0.1) is 0 Å². The van der Waals surface area contributed by atoms with Gasteiger partial charge in [0.25, 0.3) is 0 Å².